The molecule has 0 bridgehead atoms. The largest absolute Gasteiger partial charge is 0.550 e. The van der Waals surface area contributed by atoms with Crippen molar-refractivity contribution in [3.63, 3.8) is 0 Å². The lowest BCUT2D eigenvalue weighted by Gasteiger charge is -2.33. The number of carboxylic acids is 1. The summed E-state index contributed by atoms with van der Waals surface area (Å²) in [7, 11) is 0. The van der Waals surface area contributed by atoms with Crippen LogP contribution in [0.15, 0.2) is 0 Å². The van der Waals surface area contributed by atoms with Crippen molar-refractivity contribution < 1.29 is 23.1 Å². The maximum Gasteiger partial charge on any atom is 0.392 e. The smallest absolute Gasteiger partial charge is 0.392 e. The van der Waals surface area contributed by atoms with E-state index in [1.165, 1.54) is 0 Å². The van der Waals surface area contributed by atoms with Crippen LogP contribution in [0.5, 0.6) is 0 Å². The van der Waals surface area contributed by atoms with Crippen LogP contribution < -0.4 is 5.11 Å². The molecule has 1 aliphatic rings. The van der Waals surface area contributed by atoms with E-state index in [4.69, 9.17) is 0 Å². The molecule has 0 radical (unpaired) electrons. The van der Waals surface area contributed by atoms with Crippen molar-refractivity contribution in [3.8, 4) is 0 Å². The van der Waals surface area contributed by atoms with E-state index in [0.717, 1.165) is 0 Å². The predicted octanol–water partition coefficient (Wildman–Crippen LogP) is 1.10. The van der Waals surface area contributed by atoms with Gasteiger partial charge in [0.25, 0.3) is 0 Å². The number of rotatable bonds is 1. The molecular formula is C8H10F3O2-. The lowest BCUT2D eigenvalue weighted by atomic mass is 9.79. The summed E-state index contributed by atoms with van der Waals surface area (Å²) in [6.45, 7) is 0. The van der Waals surface area contributed by atoms with Gasteiger partial charge in [-0.2, -0.15) is 13.2 Å². The van der Waals surface area contributed by atoms with E-state index in [1.807, 2.05) is 0 Å². The van der Waals surface area contributed by atoms with Crippen molar-refractivity contribution in [1.82, 2.24) is 0 Å². The number of carbonyl (C=O) groups excluding carboxylic acids is 1. The van der Waals surface area contributed by atoms with Crippen molar-refractivity contribution >= 4 is 5.97 Å². The Morgan fingerprint density at radius 1 is 1.23 bits per heavy atom. The van der Waals surface area contributed by atoms with Gasteiger partial charge >= 0.3 is 6.18 Å². The minimum Gasteiger partial charge on any atom is -0.550 e. The fourth-order valence-electron chi connectivity index (χ4n) is 1.80. The molecule has 0 amide bonds. The van der Waals surface area contributed by atoms with Crippen LogP contribution in [0.2, 0.25) is 0 Å². The van der Waals surface area contributed by atoms with Gasteiger partial charge in [0.05, 0.1) is 5.92 Å². The monoisotopic (exact) mass is 195 g/mol. The van der Waals surface area contributed by atoms with Crippen LogP contribution in [-0.2, 0) is 4.79 Å². The molecule has 0 aromatic rings. The number of alkyl halides is 3. The second-order valence-electron chi connectivity index (χ2n) is 3.36. The standard InChI is InChI=1S/C8H11F3O2/c9-8(10,11)6-4-2-1-3-5(6)7(12)13/h5-6H,1-4H2,(H,12,13)/p-1. The van der Waals surface area contributed by atoms with Crippen LogP contribution in [0.4, 0.5) is 13.2 Å². The first-order valence-electron chi connectivity index (χ1n) is 4.20. The number of hydrogen-bond donors (Lipinski definition) is 0. The summed E-state index contributed by atoms with van der Waals surface area (Å²) < 4.78 is 36.8. The summed E-state index contributed by atoms with van der Waals surface area (Å²) in [4.78, 5) is 10.4. The van der Waals surface area contributed by atoms with Gasteiger partial charge in [-0.25, -0.2) is 0 Å². The fraction of sp³-hybridized carbons (Fsp3) is 0.875. The Balaban J connectivity index is 2.73. The Bertz CT molecular complexity index is 200. The SMILES string of the molecule is O=C([O-])C1CCCCC1C(F)(F)F. The van der Waals surface area contributed by atoms with Crippen LogP contribution >= 0.6 is 0 Å². The molecule has 0 aromatic heterocycles. The highest BCUT2D eigenvalue weighted by molar-refractivity contribution is 5.68. The molecule has 2 unspecified atom stereocenters. The predicted molar refractivity (Wildman–Crippen MR) is 36.5 cm³/mol. The minimum absolute atomic E-state index is 0.0812. The van der Waals surface area contributed by atoms with Crippen molar-refractivity contribution in [1.29, 1.82) is 0 Å². The van der Waals surface area contributed by atoms with E-state index in [-0.39, 0.29) is 12.8 Å². The maximum atomic E-state index is 12.3. The molecule has 0 N–H and O–H groups in total. The lowest BCUT2D eigenvalue weighted by Crippen LogP contribution is -2.43. The zero-order chi connectivity index (χ0) is 10.1. The third-order valence-corrected chi connectivity index (χ3v) is 2.49. The second kappa shape index (κ2) is 3.55. The van der Waals surface area contributed by atoms with Crippen LogP contribution in [0.25, 0.3) is 0 Å². The molecule has 0 spiro atoms. The summed E-state index contributed by atoms with van der Waals surface area (Å²) >= 11 is 0. The van der Waals surface area contributed by atoms with Gasteiger partial charge < -0.3 is 9.90 Å². The molecule has 1 fully saturated rings. The van der Waals surface area contributed by atoms with Gasteiger partial charge in [-0.05, 0) is 12.8 Å². The normalized spacial score (nSPS) is 30.1. The van der Waals surface area contributed by atoms with Crippen molar-refractivity contribution in [2.75, 3.05) is 0 Å². The Kier molecular flexibility index (Phi) is 2.83. The molecule has 76 valence electrons. The molecule has 5 heteroatoms. The van der Waals surface area contributed by atoms with Crippen LogP contribution in [0.1, 0.15) is 25.7 Å². The molecule has 0 heterocycles. The number of carbonyl (C=O) groups is 1. The Morgan fingerprint density at radius 2 is 1.77 bits per heavy atom. The summed E-state index contributed by atoms with van der Waals surface area (Å²) in [5.41, 5.74) is 0. The van der Waals surface area contributed by atoms with Gasteiger partial charge in [-0.3, -0.25) is 0 Å². The van der Waals surface area contributed by atoms with Crippen LogP contribution in [-0.4, -0.2) is 12.1 Å². The van der Waals surface area contributed by atoms with Gasteiger partial charge in [0.2, 0.25) is 0 Å². The molecule has 1 aliphatic carbocycles. The van der Waals surface area contributed by atoms with E-state index in [1.54, 1.807) is 0 Å². The zero-order valence-corrected chi connectivity index (χ0v) is 6.93. The lowest BCUT2D eigenvalue weighted by molar-refractivity contribution is -0.320. The molecule has 0 aromatic carbocycles. The van der Waals surface area contributed by atoms with Crippen molar-refractivity contribution in [2.24, 2.45) is 11.8 Å². The van der Waals surface area contributed by atoms with Gasteiger partial charge in [0.15, 0.2) is 0 Å². The van der Waals surface area contributed by atoms with Crippen LogP contribution in [0, 0.1) is 11.8 Å². The Hall–Kier alpha value is -0.740. The molecule has 13 heavy (non-hydrogen) atoms. The number of hydrogen-bond acceptors (Lipinski definition) is 2. The minimum atomic E-state index is -4.40. The number of aliphatic carboxylic acids is 1. The molecule has 1 saturated carbocycles. The Morgan fingerprint density at radius 3 is 2.15 bits per heavy atom. The number of carboxylic acid groups (broad SMARTS) is 1. The summed E-state index contributed by atoms with van der Waals surface area (Å²) in [5, 5.41) is 10.4. The van der Waals surface area contributed by atoms with Gasteiger partial charge in [-0.15, -0.1) is 0 Å². The van der Waals surface area contributed by atoms with E-state index >= 15 is 0 Å². The average molecular weight is 195 g/mol. The molecule has 1 rings (SSSR count). The van der Waals surface area contributed by atoms with E-state index < -0.39 is 24.0 Å². The third kappa shape index (κ3) is 2.35. The first-order chi connectivity index (χ1) is 5.93. The topological polar surface area (TPSA) is 40.1 Å². The van der Waals surface area contributed by atoms with E-state index in [2.05, 4.69) is 0 Å². The first kappa shape index (κ1) is 10.3. The summed E-state index contributed by atoms with van der Waals surface area (Å²) in [6, 6.07) is 0. The highest BCUT2D eigenvalue weighted by Gasteiger charge is 2.45. The maximum absolute atomic E-state index is 12.3. The molecule has 0 aliphatic heterocycles. The van der Waals surface area contributed by atoms with Gasteiger partial charge in [0, 0.05) is 11.9 Å². The molecule has 2 atom stereocenters. The fourth-order valence-corrected chi connectivity index (χ4v) is 1.80. The highest BCUT2D eigenvalue weighted by Crippen LogP contribution is 2.41. The Labute approximate surface area is 73.7 Å². The van der Waals surface area contributed by atoms with Gasteiger partial charge in [-0.1, -0.05) is 12.8 Å². The molecular weight excluding hydrogens is 185 g/mol. The van der Waals surface area contributed by atoms with Crippen molar-refractivity contribution in [3.05, 3.63) is 0 Å². The third-order valence-electron chi connectivity index (χ3n) is 2.49. The number of halogens is 3. The van der Waals surface area contributed by atoms with E-state index in [9.17, 15) is 23.1 Å². The first-order valence-corrected chi connectivity index (χ1v) is 4.20. The summed E-state index contributed by atoms with van der Waals surface area (Å²) in [6.07, 6.45) is -3.39. The van der Waals surface area contributed by atoms with Gasteiger partial charge in [0.1, 0.15) is 0 Å². The summed E-state index contributed by atoms with van der Waals surface area (Å²) in [5.74, 6) is -4.61. The van der Waals surface area contributed by atoms with Crippen LogP contribution in [0.3, 0.4) is 0 Å². The quantitative estimate of drug-likeness (QED) is 0.628. The molecule has 0 saturated heterocycles. The zero-order valence-electron chi connectivity index (χ0n) is 6.93. The highest BCUT2D eigenvalue weighted by atomic mass is 19.4. The van der Waals surface area contributed by atoms with E-state index in [0.29, 0.717) is 12.8 Å². The van der Waals surface area contributed by atoms with Crippen molar-refractivity contribution in [2.45, 2.75) is 31.9 Å². The second-order valence-corrected chi connectivity index (χ2v) is 3.36. The average Bonchev–Trinajstić information content (AvgIpc) is 2.03. The molecule has 2 nitrogen and oxygen atoms in total.